The molecule has 3 aliphatic heterocycles. The number of rotatable bonds is 6. The molecule has 0 spiro atoms. The third-order valence-corrected chi connectivity index (χ3v) is 6.77. The van der Waals surface area contributed by atoms with Gasteiger partial charge < -0.3 is 10.6 Å². The van der Waals surface area contributed by atoms with Gasteiger partial charge >= 0.3 is 0 Å². The highest BCUT2D eigenvalue weighted by Gasteiger charge is 2.34. The van der Waals surface area contributed by atoms with E-state index in [1.54, 1.807) is 0 Å². The van der Waals surface area contributed by atoms with E-state index >= 15 is 0 Å². The second-order valence-corrected chi connectivity index (χ2v) is 9.21. The van der Waals surface area contributed by atoms with Crippen LogP contribution in [0.3, 0.4) is 0 Å². The number of nitrogens with zero attached hydrogens (tertiary/aromatic N) is 1. The minimum Gasteiger partial charge on any atom is -0.352 e. The van der Waals surface area contributed by atoms with Crippen LogP contribution in [0.25, 0.3) is 0 Å². The molecule has 0 saturated carbocycles. The Morgan fingerprint density at radius 3 is 2.63 bits per heavy atom. The van der Waals surface area contributed by atoms with Gasteiger partial charge in [-0.25, -0.2) is 0 Å². The predicted molar refractivity (Wildman–Crippen MR) is 109 cm³/mol. The van der Waals surface area contributed by atoms with Gasteiger partial charge in [-0.05, 0) is 68.0 Å². The molecule has 4 rings (SSSR count). The maximum atomic E-state index is 12.5. The minimum absolute atomic E-state index is 0.225. The summed E-state index contributed by atoms with van der Waals surface area (Å²) in [5.41, 5.74) is 2.64. The number of benzene rings is 1. The first-order chi connectivity index (χ1) is 13.2. The molecule has 3 atom stereocenters. The molecular weight excluding hydrogens is 334 g/mol. The van der Waals surface area contributed by atoms with Crippen LogP contribution >= 0.6 is 0 Å². The Balaban J connectivity index is 1.28. The van der Waals surface area contributed by atoms with Crippen molar-refractivity contribution >= 4 is 5.91 Å². The highest BCUT2D eigenvalue weighted by molar-refractivity contribution is 5.76. The Bertz CT molecular complexity index is 634. The molecule has 2 N–H and O–H groups in total. The van der Waals surface area contributed by atoms with E-state index in [1.165, 1.54) is 62.7 Å². The van der Waals surface area contributed by atoms with E-state index in [9.17, 15) is 4.79 Å². The fraction of sp³-hybridized carbons (Fsp3) is 0.696. The first-order valence-electron chi connectivity index (χ1n) is 11.0. The molecule has 1 aromatic carbocycles. The van der Waals surface area contributed by atoms with E-state index < -0.39 is 0 Å². The molecule has 148 valence electrons. The van der Waals surface area contributed by atoms with Crippen molar-refractivity contribution in [2.75, 3.05) is 13.1 Å². The van der Waals surface area contributed by atoms with E-state index in [2.05, 4.69) is 46.7 Å². The van der Waals surface area contributed by atoms with Crippen molar-refractivity contribution in [1.82, 2.24) is 15.5 Å². The summed E-state index contributed by atoms with van der Waals surface area (Å²) in [5.74, 6) is 1.59. The van der Waals surface area contributed by atoms with E-state index in [-0.39, 0.29) is 5.91 Å². The molecule has 3 heterocycles. The Morgan fingerprint density at radius 1 is 1.15 bits per heavy atom. The van der Waals surface area contributed by atoms with Crippen LogP contribution in [-0.4, -0.2) is 36.0 Å². The van der Waals surface area contributed by atoms with Gasteiger partial charge in [0.05, 0.1) is 0 Å². The minimum atomic E-state index is 0.225. The summed E-state index contributed by atoms with van der Waals surface area (Å²) in [6.07, 6.45) is 8.29. The molecule has 1 amide bonds. The molecule has 0 aromatic heterocycles. The predicted octanol–water partition coefficient (Wildman–Crippen LogP) is 3.46. The lowest BCUT2D eigenvalue weighted by Gasteiger charge is -2.31. The van der Waals surface area contributed by atoms with Gasteiger partial charge in [-0.3, -0.25) is 9.69 Å². The summed E-state index contributed by atoms with van der Waals surface area (Å²) in [6.45, 7) is 6.41. The molecular formula is C23H35N3O. The van der Waals surface area contributed by atoms with Crippen molar-refractivity contribution in [3.63, 3.8) is 0 Å². The smallest absolute Gasteiger partial charge is 0.220 e. The van der Waals surface area contributed by atoms with Gasteiger partial charge in [-0.1, -0.05) is 31.2 Å². The molecule has 3 unspecified atom stereocenters. The fourth-order valence-corrected chi connectivity index (χ4v) is 5.43. The second-order valence-electron chi connectivity index (χ2n) is 9.21. The lowest BCUT2D eigenvalue weighted by molar-refractivity contribution is -0.122. The van der Waals surface area contributed by atoms with Gasteiger partial charge in [0.2, 0.25) is 5.91 Å². The topological polar surface area (TPSA) is 44.4 Å². The lowest BCUT2D eigenvalue weighted by Crippen LogP contribution is -2.39. The van der Waals surface area contributed by atoms with Crippen LogP contribution in [0.5, 0.6) is 0 Å². The van der Waals surface area contributed by atoms with Crippen molar-refractivity contribution in [2.24, 2.45) is 11.8 Å². The van der Waals surface area contributed by atoms with Crippen molar-refractivity contribution in [1.29, 1.82) is 0 Å². The summed E-state index contributed by atoms with van der Waals surface area (Å²) in [5, 5.41) is 6.87. The molecule has 2 bridgehead atoms. The zero-order chi connectivity index (χ0) is 18.6. The molecule has 3 saturated heterocycles. The maximum Gasteiger partial charge on any atom is 0.220 e. The average Bonchev–Trinajstić information content (AvgIpc) is 2.99. The molecule has 27 heavy (non-hydrogen) atoms. The van der Waals surface area contributed by atoms with Crippen molar-refractivity contribution in [3.05, 3.63) is 35.4 Å². The number of amides is 1. The van der Waals surface area contributed by atoms with Crippen LogP contribution in [0.1, 0.15) is 63.0 Å². The zero-order valence-corrected chi connectivity index (χ0v) is 16.8. The van der Waals surface area contributed by atoms with Crippen LogP contribution in [0.4, 0.5) is 0 Å². The highest BCUT2D eigenvalue weighted by atomic mass is 16.1. The third kappa shape index (κ3) is 5.11. The van der Waals surface area contributed by atoms with Crippen LogP contribution in [-0.2, 0) is 17.9 Å². The maximum absolute atomic E-state index is 12.5. The quantitative estimate of drug-likeness (QED) is 0.807. The number of likely N-dealkylation sites (tertiary alicyclic amines) is 1. The van der Waals surface area contributed by atoms with E-state index in [0.717, 1.165) is 12.5 Å². The number of carbonyl (C=O) groups excluding carboxylic acids is 1. The van der Waals surface area contributed by atoms with Crippen LogP contribution in [0.15, 0.2) is 24.3 Å². The van der Waals surface area contributed by atoms with Gasteiger partial charge in [0.15, 0.2) is 0 Å². The lowest BCUT2D eigenvalue weighted by atomic mass is 9.89. The third-order valence-electron chi connectivity index (χ3n) is 6.77. The highest BCUT2D eigenvalue weighted by Crippen LogP contribution is 2.32. The summed E-state index contributed by atoms with van der Waals surface area (Å²) in [4.78, 5) is 15.1. The summed E-state index contributed by atoms with van der Waals surface area (Å²) >= 11 is 0. The van der Waals surface area contributed by atoms with E-state index in [4.69, 9.17) is 0 Å². The Kier molecular flexibility index (Phi) is 6.14. The Morgan fingerprint density at radius 2 is 1.89 bits per heavy atom. The Labute approximate surface area is 164 Å². The molecule has 3 aliphatic rings. The normalized spacial score (nSPS) is 31.0. The SMILES string of the molecule is CC1CCCN(Cc2ccccc2CNC(=O)CC2CC3CCC(C2)N3)C1. The monoisotopic (exact) mass is 369 g/mol. The first-order valence-corrected chi connectivity index (χ1v) is 11.0. The van der Waals surface area contributed by atoms with Crippen molar-refractivity contribution in [2.45, 2.75) is 77.0 Å². The molecule has 4 nitrogen and oxygen atoms in total. The Hall–Kier alpha value is -1.39. The average molecular weight is 370 g/mol. The van der Waals surface area contributed by atoms with Gasteiger partial charge in [-0.15, -0.1) is 0 Å². The van der Waals surface area contributed by atoms with Gasteiger partial charge in [-0.2, -0.15) is 0 Å². The van der Waals surface area contributed by atoms with Gasteiger partial charge in [0.1, 0.15) is 0 Å². The van der Waals surface area contributed by atoms with Gasteiger partial charge in [0.25, 0.3) is 0 Å². The summed E-state index contributed by atoms with van der Waals surface area (Å²) in [6, 6.07) is 9.94. The second kappa shape index (κ2) is 8.74. The standard InChI is InChI=1S/C23H35N3O/c1-17-5-4-10-26(15-17)16-20-7-3-2-6-19(20)14-24-23(27)13-18-11-21-8-9-22(12-18)25-21/h2-3,6-7,17-18,21-22,25H,4-5,8-16H2,1H3,(H,24,27). The number of nitrogens with one attached hydrogen (secondary N) is 2. The zero-order valence-electron chi connectivity index (χ0n) is 16.8. The fourth-order valence-electron chi connectivity index (χ4n) is 5.43. The van der Waals surface area contributed by atoms with E-state index in [0.29, 0.717) is 31.0 Å². The molecule has 3 fully saturated rings. The number of fused-ring (bicyclic) bond motifs is 2. The summed E-state index contributed by atoms with van der Waals surface area (Å²) in [7, 11) is 0. The first kappa shape index (κ1) is 18.9. The van der Waals surface area contributed by atoms with Crippen molar-refractivity contribution < 1.29 is 4.79 Å². The van der Waals surface area contributed by atoms with Crippen molar-refractivity contribution in [3.8, 4) is 0 Å². The van der Waals surface area contributed by atoms with Gasteiger partial charge in [0, 0.05) is 38.1 Å². The molecule has 4 heteroatoms. The molecule has 0 aliphatic carbocycles. The van der Waals surface area contributed by atoms with Crippen LogP contribution in [0.2, 0.25) is 0 Å². The number of hydrogen-bond donors (Lipinski definition) is 2. The largest absolute Gasteiger partial charge is 0.352 e. The summed E-state index contributed by atoms with van der Waals surface area (Å²) < 4.78 is 0. The number of carbonyl (C=O) groups is 1. The molecule has 0 radical (unpaired) electrons. The van der Waals surface area contributed by atoms with Crippen LogP contribution < -0.4 is 10.6 Å². The van der Waals surface area contributed by atoms with Crippen LogP contribution in [0, 0.1) is 11.8 Å². The molecule has 1 aromatic rings. The number of hydrogen-bond acceptors (Lipinski definition) is 3. The van der Waals surface area contributed by atoms with E-state index in [1.807, 2.05) is 0 Å². The number of piperidine rings is 2.